The van der Waals surface area contributed by atoms with Gasteiger partial charge >= 0.3 is 0 Å². The summed E-state index contributed by atoms with van der Waals surface area (Å²) in [6.07, 6.45) is 0.891. The van der Waals surface area contributed by atoms with Gasteiger partial charge in [0.2, 0.25) is 0 Å². The Morgan fingerprint density at radius 3 is 2.19 bits per heavy atom. The lowest BCUT2D eigenvalue weighted by Crippen LogP contribution is -2.11. The van der Waals surface area contributed by atoms with Crippen LogP contribution in [-0.2, 0) is 18.6 Å². The minimum Gasteiger partial charge on any atom is -0.494 e. The number of hydrogen-bond donors (Lipinski definition) is 0. The lowest BCUT2D eigenvalue weighted by molar-refractivity contribution is 0.280. The van der Waals surface area contributed by atoms with E-state index in [1.807, 2.05) is 54.6 Å². The molecule has 0 saturated carbocycles. The van der Waals surface area contributed by atoms with E-state index in [1.165, 1.54) is 5.56 Å². The van der Waals surface area contributed by atoms with Crippen molar-refractivity contribution in [1.29, 1.82) is 0 Å². The highest BCUT2D eigenvalue weighted by Crippen LogP contribution is 2.25. The van der Waals surface area contributed by atoms with Crippen molar-refractivity contribution < 1.29 is 9.47 Å². The molecule has 0 N–H and O–H groups in total. The molecular formula is C27H30N2O2. The number of aromatic nitrogens is 2. The highest BCUT2D eigenvalue weighted by Gasteiger charge is 2.14. The Bertz CT molecular complexity index is 1110. The molecular weight excluding hydrogens is 384 g/mol. The normalized spacial score (nSPS) is 11.6. The molecule has 3 aromatic carbocycles. The fourth-order valence-corrected chi connectivity index (χ4v) is 3.61. The van der Waals surface area contributed by atoms with E-state index in [4.69, 9.17) is 14.5 Å². The van der Waals surface area contributed by atoms with E-state index in [2.05, 4.69) is 49.6 Å². The van der Waals surface area contributed by atoms with E-state index in [0.29, 0.717) is 13.2 Å². The van der Waals surface area contributed by atoms with Crippen molar-refractivity contribution in [3.63, 3.8) is 0 Å². The number of imidazole rings is 1. The molecule has 4 nitrogen and oxygen atoms in total. The lowest BCUT2D eigenvalue weighted by atomic mass is 9.87. The molecule has 0 aliphatic carbocycles. The maximum atomic E-state index is 6.09. The molecule has 0 spiro atoms. The van der Waals surface area contributed by atoms with Crippen molar-refractivity contribution in [2.24, 2.45) is 0 Å². The minimum atomic E-state index is 0.133. The number of nitrogens with zero attached hydrogens (tertiary/aromatic N) is 2. The van der Waals surface area contributed by atoms with Crippen LogP contribution in [0.25, 0.3) is 11.0 Å². The van der Waals surface area contributed by atoms with E-state index in [0.717, 1.165) is 41.3 Å². The van der Waals surface area contributed by atoms with Crippen LogP contribution in [0.1, 0.15) is 38.6 Å². The highest BCUT2D eigenvalue weighted by atomic mass is 16.5. The standard InChI is InChI=1S/C27H30N2O2/c1-27(2,3)21-14-16-23(17-15-21)31-20-26-28-24-12-7-8-13-25(24)29(26)18-9-19-30-22-10-5-4-6-11-22/h4-8,10-17H,9,18-20H2,1-3H3. The molecule has 0 amide bonds. The summed E-state index contributed by atoms with van der Waals surface area (Å²) in [5.74, 6) is 2.69. The van der Waals surface area contributed by atoms with Gasteiger partial charge in [-0.15, -0.1) is 0 Å². The van der Waals surface area contributed by atoms with Gasteiger partial charge in [0.15, 0.2) is 0 Å². The van der Waals surface area contributed by atoms with Gasteiger partial charge in [-0.1, -0.05) is 63.2 Å². The van der Waals surface area contributed by atoms with Crippen molar-refractivity contribution in [1.82, 2.24) is 9.55 Å². The zero-order valence-corrected chi connectivity index (χ0v) is 18.5. The van der Waals surface area contributed by atoms with Crippen LogP contribution in [0.4, 0.5) is 0 Å². The van der Waals surface area contributed by atoms with Crippen LogP contribution in [0.3, 0.4) is 0 Å². The Morgan fingerprint density at radius 2 is 1.45 bits per heavy atom. The number of benzene rings is 3. The molecule has 4 aromatic rings. The van der Waals surface area contributed by atoms with Crippen LogP contribution < -0.4 is 9.47 Å². The molecule has 0 bridgehead atoms. The lowest BCUT2D eigenvalue weighted by Gasteiger charge is -2.19. The summed E-state index contributed by atoms with van der Waals surface area (Å²) in [6, 6.07) is 26.5. The fraction of sp³-hybridized carbons (Fsp3) is 0.296. The third-order valence-electron chi connectivity index (χ3n) is 5.36. The monoisotopic (exact) mass is 414 g/mol. The first-order valence-electron chi connectivity index (χ1n) is 10.9. The van der Waals surface area contributed by atoms with Gasteiger partial charge in [-0.2, -0.15) is 0 Å². The summed E-state index contributed by atoms with van der Waals surface area (Å²) in [6.45, 7) is 8.56. The van der Waals surface area contributed by atoms with Crippen LogP contribution in [0.2, 0.25) is 0 Å². The minimum absolute atomic E-state index is 0.133. The van der Waals surface area contributed by atoms with Gasteiger partial charge in [0.05, 0.1) is 17.6 Å². The second-order valence-electron chi connectivity index (χ2n) is 8.75. The first kappa shape index (κ1) is 21.0. The third kappa shape index (κ3) is 5.26. The number of aryl methyl sites for hydroxylation is 1. The number of rotatable bonds is 8. The number of hydrogen-bond acceptors (Lipinski definition) is 3. The summed E-state index contributed by atoms with van der Waals surface area (Å²) < 4.78 is 14.2. The molecule has 4 heteroatoms. The maximum Gasteiger partial charge on any atom is 0.147 e. The predicted octanol–water partition coefficient (Wildman–Crippen LogP) is 6.38. The Morgan fingerprint density at radius 1 is 0.774 bits per heavy atom. The summed E-state index contributed by atoms with van der Waals surface area (Å²) >= 11 is 0. The van der Waals surface area contributed by atoms with Crippen LogP contribution in [0.15, 0.2) is 78.9 Å². The Balaban J connectivity index is 1.43. The molecule has 1 aromatic heterocycles. The van der Waals surface area contributed by atoms with Crippen molar-refractivity contribution in [2.75, 3.05) is 6.61 Å². The molecule has 0 radical (unpaired) electrons. The van der Waals surface area contributed by atoms with Crippen LogP contribution in [0, 0.1) is 0 Å². The molecule has 0 unspecified atom stereocenters. The zero-order valence-electron chi connectivity index (χ0n) is 18.5. The SMILES string of the molecule is CC(C)(C)c1ccc(OCc2nc3ccccc3n2CCCOc2ccccc2)cc1. The first-order chi connectivity index (χ1) is 15.0. The summed E-state index contributed by atoms with van der Waals surface area (Å²) in [4.78, 5) is 4.82. The van der Waals surface area contributed by atoms with Crippen LogP contribution in [-0.4, -0.2) is 16.2 Å². The summed E-state index contributed by atoms with van der Waals surface area (Å²) in [7, 11) is 0. The quantitative estimate of drug-likeness (QED) is 0.314. The molecule has 0 atom stereocenters. The predicted molar refractivity (Wildman–Crippen MR) is 126 cm³/mol. The van der Waals surface area contributed by atoms with Gasteiger partial charge in [-0.3, -0.25) is 0 Å². The van der Waals surface area contributed by atoms with Crippen molar-refractivity contribution in [3.05, 3.63) is 90.3 Å². The van der Waals surface area contributed by atoms with Gasteiger partial charge < -0.3 is 14.0 Å². The summed E-state index contributed by atoms with van der Waals surface area (Å²) in [5, 5.41) is 0. The topological polar surface area (TPSA) is 36.3 Å². The van der Waals surface area contributed by atoms with Crippen LogP contribution in [0.5, 0.6) is 11.5 Å². The largest absolute Gasteiger partial charge is 0.494 e. The highest BCUT2D eigenvalue weighted by molar-refractivity contribution is 5.75. The molecule has 0 saturated heterocycles. The van der Waals surface area contributed by atoms with Crippen molar-refractivity contribution >= 4 is 11.0 Å². The van der Waals surface area contributed by atoms with E-state index >= 15 is 0 Å². The van der Waals surface area contributed by atoms with Gasteiger partial charge in [0.25, 0.3) is 0 Å². The number of fused-ring (bicyclic) bond motifs is 1. The molecule has 0 aliphatic heterocycles. The molecule has 0 fully saturated rings. The smallest absolute Gasteiger partial charge is 0.147 e. The Kier molecular flexibility index (Phi) is 6.26. The average molecular weight is 415 g/mol. The maximum absolute atomic E-state index is 6.09. The third-order valence-corrected chi connectivity index (χ3v) is 5.36. The van der Waals surface area contributed by atoms with Crippen molar-refractivity contribution in [3.8, 4) is 11.5 Å². The Hall–Kier alpha value is -3.27. The zero-order chi connectivity index (χ0) is 21.7. The molecule has 0 aliphatic rings. The summed E-state index contributed by atoms with van der Waals surface area (Å²) in [5.41, 5.74) is 3.55. The van der Waals surface area contributed by atoms with E-state index in [9.17, 15) is 0 Å². The second-order valence-corrected chi connectivity index (χ2v) is 8.75. The van der Waals surface area contributed by atoms with E-state index in [1.54, 1.807) is 0 Å². The van der Waals surface area contributed by atoms with Gasteiger partial charge in [0, 0.05) is 6.54 Å². The average Bonchev–Trinajstić information content (AvgIpc) is 3.13. The van der Waals surface area contributed by atoms with Gasteiger partial charge in [-0.05, 0) is 53.8 Å². The van der Waals surface area contributed by atoms with Gasteiger partial charge in [-0.25, -0.2) is 4.98 Å². The van der Waals surface area contributed by atoms with Gasteiger partial charge in [0.1, 0.15) is 23.9 Å². The second kappa shape index (κ2) is 9.25. The number of ether oxygens (including phenoxy) is 2. The first-order valence-corrected chi connectivity index (χ1v) is 10.9. The van der Waals surface area contributed by atoms with E-state index in [-0.39, 0.29) is 5.41 Å². The molecule has 1 heterocycles. The molecule has 4 rings (SSSR count). The molecule has 31 heavy (non-hydrogen) atoms. The van der Waals surface area contributed by atoms with Crippen molar-refractivity contribution in [2.45, 2.75) is 45.8 Å². The molecule has 160 valence electrons. The van der Waals surface area contributed by atoms with Crippen LogP contribution >= 0.6 is 0 Å². The van der Waals surface area contributed by atoms with E-state index < -0.39 is 0 Å². The fourth-order valence-electron chi connectivity index (χ4n) is 3.61. The Labute approximate surface area is 184 Å². The number of para-hydroxylation sites is 3.